The molecule has 0 aliphatic heterocycles. The van der Waals surface area contributed by atoms with Crippen molar-refractivity contribution >= 4 is 17.6 Å². The number of esters is 1. The number of rotatable bonds is 6. The summed E-state index contributed by atoms with van der Waals surface area (Å²) < 4.78 is 10.4. The molecule has 0 aliphatic carbocycles. The Morgan fingerprint density at radius 2 is 2.12 bits per heavy atom. The van der Waals surface area contributed by atoms with Crippen LogP contribution in [-0.2, 0) is 11.2 Å². The molecule has 6 nitrogen and oxygen atoms in total. The molecule has 1 N–H and O–H groups in total. The Labute approximate surface area is 156 Å². The van der Waals surface area contributed by atoms with Crippen LogP contribution in [0.5, 0.6) is 5.88 Å². The molecule has 0 atom stereocenters. The fraction of sp³-hybridized carbons (Fsp3) is 0.211. The number of nitrogens with one attached hydrogen (secondary N) is 1. The van der Waals surface area contributed by atoms with Gasteiger partial charge in [-0.25, -0.2) is 9.78 Å². The number of pyridine rings is 1. The highest BCUT2D eigenvalue weighted by Gasteiger charge is 2.16. The highest BCUT2D eigenvalue weighted by atomic mass is 35.5. The lowest BCUT2D eigenvalue weighted by atomic mass is 10.0. The number of halogens is 1. The van der Waals surface area contributed by atoms with Crippen LogP contribution in [0.1, 0.15) is 28.5 Å². The molecule has 3 rings (SSSR count). The molecule has 2 heterocycles. The normalized spacial score (nSPS) is 10.6. The lowest BCUT2D eigenvalue weighted by molar-refractivity contribution is 0.0525. The third kappa shape index (κ3) is 3.86. The van der Waals surface area contributed by atoms with Crippen LogP contribution in [-0.4, -0.2) is 34.9 Å². The summed E-state index contributed by atoms with van der Waals surface area (Å²) in [6, 6.07) is 9.44. The van der Waals surface area contributed by atoms with E-state index in [2.05, 4.69) is 15.2 Å². The van der Waals surface area contributed by atoms with Crippen LogP contribution in [0, 0.1) is 0 Å². The molecule has 0 aliphatic rings. The first kappa shape index (κ1) is 17.9. The maximum atomic E-state index is 12.0. The van der Waals surface area contributed by atoms with E-state index in [1.807, 2.05) is 30.3 Å². The van der Waals surface area contributed by atoms with Gasteiger partial charge in [-0.05, 0) is 36.2 Å². The van der Waals surface area contributed by atoms with Gasteiger partial charge >= 0.3 is 5.97 Å². The van der Waals surface area contributed by atoms with E-state index in [-0.39, 0.29) is 0 Å². The van der Waals surface area contributed by atoms with E-state index in [9.17, 15) is 4.79 Å². The lowest BCUT2D eigenvalue weighted by Crippen LogP contribution is -2.07. The third-order valence-electron chi connectivity index (χ3n) is 3.83. The van der Waals surface area contributed by atoms with E-state index in [0.29, 0.717) is 35.2 Å². The Kier molecular flexibility index (Phi) is 5.53. The first-order valence-electron chi connectivity index (χ1n) is 8.10. The van der Waals surface area contributed by atoms with E-state index in [1.165, 1.54) is 6.20 Å². The Morgan fingerprint density at radius 1 is 1.27 bits per heavy atom. The predicted molar refractivity (Wildman–Crippen MR) is 98.6 cm³/mol. The number of ether oxygens (including phenoxy) is 2. The highest BCUT2D eigenvalue weighted by molar-refractivity contribution is 6.30. The van der Waals surface area contributed by atoms with Crippen LogP contribution >= 0.6 is 11.6 Å². The Bertz CT molecular complexity index is 924. The number of methoxy groups -OCH3 is 1. The molecule has 26 heavy (non-hydrogen) atoms. The summed E-state index contributed by atoms with van der Waals surface area (Å²) in [7, 11) is 1.57. The van der Waals surface area contributed by atoms with Crippen LogP contribution in [0.15, 0.2) is 42.7 Å². The third-order valence-corrected chi connectivity index (χ3v) is 4.07. The maximum absolute atomic E-state index is 12.0. The average Bonchev–Trinajstić information content (AvgIpc) is 3.10. The highest BCUT2D eigenvalue weighted by Crippen LogP contribution is 2.31. The number of H-pyrrole nitrogens is 1. The van der Waals surface area contributed by atoms with Crippen LogP contribution in [0.2, 0.25) is 5.02 Å². The number of aromatic amines is 1. The van der Waals surface area contributed by atoms with Gasteiger partial charge in [0.25, 0.3) is 0 Å². The molecule has 0 radical (unpaired) electrons. The van der Waals surface area contributed by atoms with Gasteiger partial charge in [-0.15, -0.1) is 0 Å². The number of benzene rings is 1. The molecule has 0 saturated heterocycles. The summed E-state index contributed by atoms with van der Waals surface area (Å²) in [5, 5.41) is 7.45. The van der Waals surface area contributed by atoms with Crippen molar-refractivity contribution in [2.75, 3.05) is 13.7 Å². The maximum Gasteiger partial charge on any atom is 0.341 e. The zero-order chi connectivity index (χ0) is 18.5. The molecule has 0 spiro atoms. The number of carbonyl (C=O) groups excluding carboxylic acids is 1. The molecular formula is C19H18ClN3O3. The van der Waals surface area contributed by atoms with Gasteiger partial charge < -0.3 is 9.47 Å². The summed E-state index contributed by atoms with van der Waals surface area (Å²) in [5.41, 5.74) is 3.72. The monoisotopic (exact) mass is 371 g/mol. The minimum absolute atomic E-state index is 0.312. The van der Waals surface area contributed by atoms with Gasteiger partial charge in [-0.1, -0.05) is 23.7 Å². The fourth-order valence-corrected chi connectivity index (χ4v) is 2.84. The molecule has 1 aromatic carbocycles. The minimum atomic E-state index is -0.396. The first-order chi connectivity index (χ1) is 12.6. The van der Waals surface area contributed by atoms with Crippen molar-refractivity contribution < 1.29 is 14.3 Å². The van der Waals surface area contributed by atoms with Crippen molar-refractivity contribution in [2.45, 2.75) is 13.3 Å². The van der Waals surface area contributed by atoms with Gasteiger partial charge in [0.05, 0.1) is 25.6 Å². The van der Waals surface area contributed by atoms with Crippen LogP contribution < -0.4 is 4.74 Å². The van der Waals surface area contributed by atoms with Gasteiger partial charge in [-0.3, -0.25) is 5.10 Å². The molecular weight excluding hydrogens is 354 g/mol. The van der Waals surface area contributed by atoms with Crippen molar-refractivity contribution in [3.05, 3.63) is 64.6 Å². The number of hydrogen-bond donors (Lipinski definition) is 1. The number of carbonyl (C=O) groups is 1. The largest absolute Gasteiger partial charge is 0.481 e. The summed E-state index contributed by atoms with van der Waals surface area (Å²) in [6.45, 7) is 2.08. The molecule has 0 amide bonds. The molecule has 0 fully saturated rings. The summed E-state index contributed by atoms with van der Waals surface area (Å²) in [6.07, 6.45) is 3.64. The standard InChI is InChI=1S/C19H18ClN3O3/c1-3-26-19(24)16-11-22-23-17(16)8-12-7-15(18(25-2)21-10-12)13-5-4-6-14(20)9-13/h4-7,9-11H,3,8H2,1-2H3,(H,22,23). The second-order valence-corrected chi connectivity index (χ2v) is 6.01. The second kappa shape index (κ2) is 8.01. The van der Waals surface area contributed by atoms with E-state index >= 15 is 0 Å². The van der Waals surface area contributed by atoms with Crippen molar-refractivity contribution in [1.29, 1.82) is 0 Å². The predicted octanol–water partition coefficient (Wildman–Crippen LogP) is 3.90. The van der Waals surface area contributed by atoms with Crippen LogP contribution in [0.4, 0.5) is 0 Å². The van der Waals surface area contributed by atoms with E-state index in [0.717, 1.165) is 16.7 Å². The van der Waals surface area contributed by atoms with Crippen LogP contribution in [0.3, 0.4) is 0 Å². The van der Waals surface area contributed by atoms with E-state index in [1.54, 1.807) is 20.2 Å². The zero-order valence-electron chi connectivity index (χ0n) is 14.5. The number of hydrogen-bond acceptors (Lipinski definition) is 5. The number of aromatic nitrogens is 3. The second-order valence-electron chi connectivity index (χ2n) is 5.57. The average molecular weight is 372 g/mol. The summed E-state index contributed by atoms with van der Waals surface area (Å²) in [4.78, 5) is 16.4. The van der Waals surface area contributed by atoms with Crippen molar-refractivity contribution in [3.63, 3.8) is 0 Å². The van der Waals surface area contributed by atoms with Gasteiger partial charge in [-0.2, -0.15) is 5.10 Å². The summed E-state index contributed by atoms with van der Waals surface area (Å²) in [5.74, 6) is 0.110. The molecule has 3 aromatic rings. The molecule has 2 aromatic heterocycles. The Morgan fingerprint density at radius 3 is 2.85 bits per heavy atom. The Hall–Kier alpha value is -2.86. The van der Waals surface area contributed by atoms with E-state index < -0.39 is 5.97 Å². The van der Waals surface area contributed by atoms with Crippen molar-refractivity contribution in [3.8, 4) is 17.0 Å². The molecule has 7 heteroatoms. The van der Waals surface area contributed by atoms with Gasteiger partial charge in [0.2, 0.25) is 5.88 Å². The van der Waals surface area contributed by atoms with Crippen molar-refractivity contribution in [1.82, 2.24) is 15.2 Å². The molecule has 0 saturated carbocycles. The molecule has 0 bridgehead atoms. The molecule has 0 unspecified atom stereocenters. The van der Waals surface area contributed by atoms with E-state index in [4.69, 9.17) is 21.1 Å². The minimum Gasteiger partial charge on any atom is -0.481 e. The first-order valence-corrected chi connectivity index (χ1v) is 8.48. The summed E-state index contributed by atoms with van der Waals surface area (Å²) >= 11 is 6.10. The topological polar surface area (TPSA) is 77.1 Å². The number of nitrogens with zero attached hydrogens (tertiary/aromatic N) is 2. The SMILES string of the molecule is CCOC(=O)c1cn[nH]c1Cc1cnc(OC)c(-c2cccc(Cl)c2)c1. The molecule has 134 valence electrons. The van der Waals surface area contributed by atoms with Crippen LogP contribution in [0.25, 0.3) is 11.1 Å². The fourth-order valence-electron chi connectivity index (χ4n) is 2.65. The lowest BCUT2D eigenvalue weighted by Gasteiger charge is -2.10. The Balaban J connectivity index is 1.94. The smallest absolute Gasteiger partial charge is 0.341 e. The quantitative estimate of drug-likeness (QED) is 0.665. The zero-order valence-corrected chi connectivity index (χ0v) is 15.2. The van der Waals surface area contributed by atoms with Gasteiger partial charge in [0, 0.05) is 23.2 Å². The van der Waals surface area contributed by atoms with Gasteiger partial charge in [0.15, 0.2) is 0 Å². The van der Waals surface area contributed by atoms with Gasteiger partial charge in [0.1, 0.15) is 5.56 Å². The van der Waals surface area contributed by atoms with Crippen molar-refractivity contribution in [2.24, 2.45) is 0 Å².